The molecule has 3 atom stereocenters. The van der Waals surface area contributed by atoms with Gasteiger partial charge in [-0.05, 0) is 18.6 Å². The number of hydrogen-bond donors (Lipinski definition) is 0. The second-order valence-electron chi connectivity index (χ2n) is 5.20. The molecule has 2 aliphatic rings. The van der Waals surface area contributed by atoms with Crippen LogP contribution in [0.25, 0.3) is 0 Å². The Hall–Kier alpha value is -1.30. The highest BCUT2D eigenvalue weighted by Crippen LogP contribution is 2.27. The molecule has 0 aromatic rings. The van der Waals surface area contributed by atoms with E-state index in [1.807, 2.05) is 37.8 Å². The van der Waals surface area contributed by atoms with Crippen molar-refractivity contribution in [3.63, 3.8) is 0 Å². The molecule has 1 aliphatic carbocycles. The number of thioether (sulfide) groups is 1. The molecule has 1 saturated heterocycles. The van der Waals surface area contributed by atoms with Crippen LogP contribution in [0.2, 0.25) is 0 Å². The minimum absolute atomic E-state index is 0.0990. The van der Waals surface area contributed by atoms with Crippen LogP contribution in [-0.2, 0) is 9.53 Å². The lowest BCUT2D eigenvalue weighted by molar-refractivity contribution is -0.120. The van der Waals surface area contributed by atoms with E-state index in [2.05, 4.69) is 5.18 Å². The van der Waals surface area contributed by atoms with Gasteiger partial charge in [0.05, 0.1) is 6.04 Å². The zero-order chi connectivity index (χ0) is 14.5. The summed E-state index contributed by atoms with van der Waals surface area (Å²) in [6, 6.07) is -0.250. The highest BCUT2D eigenvalue weighted by molar-refractivity contribution is 7.99. The number of rotatable bonds is 5. The summed E-state index contributed by atoms with van der Waals surface area (Å²) in [5.74, 6) is 2.69. The van der Waals surface area contributed by atoms with E-state index in [1.54, 1.807) is 4.90 Å². The predicted octanol–water partition coefficient (Wildman–Crippen LogP) is 2.19. The average molecular weight is 296 g/mol. The van der Waals surface area contributed by atoms with Crippen molar-refractivity contribution in [2.24, 2.45) is 11.1 Å². The van der Waals surface area contributed by atoms with Gasteiger partial charge in [-0.15, -0.1) is 0 Å². The first-order valence-electron chi connectivity index (χ1n) is 6.80. The largest absolute Gasteiger partial charge is 0.491 e. The number of nitrogens with zero attached hydrogens (tertiary/aromatic N) is 2. The minimum atomic E-state index is -0.349. The Morgan fingerprint density at radius 1 is 1.60 bits per heavy atom. The van der Waals surface area contributed by atoms with Crippen LogP contribution in [0.3, 0.4) is 0 Å². The van der Waals surface area contributed by atoms with Crippen molar-refractivity contribution in [3.8, 4) is 0 Å². The molecule has 6 heteroatoms. The molecule has 20 heavy (non-hydrogen) atoms. The molecule has 3 unspecified atom stereocenters. The number of nitroso groups, excluding NO2 is 1. The number of carbonyl (C=O) groups is 1. The van der Waals surface area contributed by atoms with E-state index in [0.717, 1.165) is 30.0 Å². The van der Waals surface area contributed by atoms with Crippen LogP contribution >= 0.6 is 11.8 Å². The minimum Gasteiger partial charge on any atom is -0.491 e. The van der Waals surface area contributed by atoms with Gasteiger partial charge in [-0.2, -0.15) is 16.7 Å². The molecule has 1 amide bonds. The standard InChI is InChI=1S/C14H20N2O3S/c1-10-3-4-13(11(2)14(10)15-18)19-7-12-8-20-6-5-16(12)9-17/h3-4,9-10,12,14H,5-8H2,1-2H3. The molecule has 2 rings (SSSR count). The molecule has 5 nitrogen and oxygen atoms in total. The lowest BCUT2D eigenvalue weighted by Crippen LogP contribution is -2.44. The molecule has 0 aromatic carbocycles. The Bertz CT molecular complexity index is 436. The molecule has 1 aliphatic heterocycles. The van der Waals surface area contributed by atoms with Crippen LogP contribution in [-0.4, -0.2) is 48.1 Å². The van der Waals surface area contributed by atoms with Crippen molar-refractivity contribution >= 4 is 18.2 Å². The molecule has 0 aromatic heterocycles. The number of allylic oxidation sites excluding steroid dienone is 1. The smallest absolute Gasteiger partial charge is 0.210 e. The first-order chi connectivity index (χ1) is 9.67. The maximum atomic E-state index is 11.0. The Morgan fingerprint density at radius 3 is 3.10 bits per heavy atom. The van der Waals surface area contributed by atoms with Gasteiger partial charge in [0, 0.05) is 24.0 Å². The lowest BCUT2D eigenvalue weighted by Gasteiger charge is -2.32. The van der Waals surface area contributed by atoms with Crippen LogP contribution in [0.4, 0.5) is 0 Å². The summed E-state index contributed by atoms with van der Waals surface area (Å²) >= 11 is 1.83. The molecule has 110 valence electrons. The third-order valence-electron chi connectivity index (χ3n) is 3.83. The van der Waals surface area contributed by atoms with Gasteiger partial charge in [0.15, 0.2) is 0 Å². The Kier molecular flexibility index (Phi) is 5.23. The van der Waals surface area contributed by atoms with Crippen LogP contribution in [0.5, 0.6) is 0 Å². The monoisotopic (exact) mass is 296 g/mol. The van der Waals surface area contributed by atoms with Crippen molar-refractivity contribution in [1.82, 2.24) is 4.90 Å². The second kappa shape index (κ2) is 6.92. The summed E-state index contributed by atoms with van der Waals surface area (Å²) in [7, 11) is 0. The van der Waals surface area contributed by atoms with Gasteiger partial charge in [0.25, 0.3) is 0 Å². The Balaban J connectivity index is 1.99. The molecular weight excluding hydrogens is 276 g/mol. The summed E-state index contributed by atoms with van der Waals surface area (Å²) in [6.45, 7) is 5.08. The Morgan fingerprint density at radius 2 is 2.40 bits per heavy atom. The molecule has 0 N–H and O–H groups in total. The van der Waals surface area contributed by atoms with Gasteiger partial charge < -0.3 is 9.64 Å². The summed E-state index contributed by atoms with van der Waals surface area (Å²) in [5, 5.41) is 3.18. The third kappa shape index (κ3) is 3.23. The van der Waals surface area contributed by atoms with Gasteiger partial charge in [-0.1, -0.05) is 18.2 Å². The van der Waals surface area contributed by atoms with E-state index in [1.165, 1.54) is 0 Å². The maximum absolute atomic E-state index is 11.0. The van der Waals surface area contributed by atoms with Gasteiger partial charge in [0.2, 0.25) is 6.41 Å². The summed E-state index contributed by atoms with van der Waals surface area (Å²) < 4.78 is 5.83. The Labute approximate surface area is 123 Å². The molecule has 1 fully saturated rings. The van der Waals surface area contributed by atoms with Crippen molar-refractivity contribution in [2.75, 3.05) is 24.7 Å². The molecule has 0 spiro atoms. The SMILES string of the molecule is CC1=C(OCC2CSCCN2C=O)C=CC(C)C1N=O. The van der Waals surface area contributed by atoms with Crippen LogP contribution < -0.4 is 0 Å². The van der Waals surface area contributed by atoms with Gasteiger partial charge in [0.1, 0.15) is 18.4 Å². The van der Waals surface area contributed by atoms with E-state index in [0.29, 0.717) is 12.4 Å². The van der Waals surface area contributed by atoms with E-state index < -0.39 is 0 Å². The highest BCUT2D eigenvalue weighted by Gasteiger charge is 2.26. The van der Waals surface area contributed by atoms with E-state index in [4.69, 9.17) is 4.74 Å². The third-order valence-corrected chi connectivity index (χ3v) is 4.93. The summed E-state index contributed by atoms with van der Waals surface area (Å²) in [6.07, 6.45) is 4.74. The maximum Gasteiger partial charge on any atom is 0.210 e. The number of carbonyl (C=O) groups excluding carboxylic acids is 1. The molecule has 0 radical (unpaired) electrons. The topological polar surface area (TPSA) is 59.0 Å². The normalized spacial score (nSPS) is 30.3. The summed E-state index contributed by atoms with van der Waals surface area (Å²) in [5.41, 5.74) is 0.871. The van der Waals surface area contributed by atoms with Gasteiger partial charge in [-0.3, -0.25) is 4.79 Å². The zero-order valence-corrected chi connectivity index (χ0v) is 12.6. The summed E-state index contributed by atoms with van der Waals surface area (Å²) in [4.78, 5) is 23.7. The second-order valence-corrected chi connectivity index (χ2v) is 6.35. The highest BCUT2D eigenvalue weighted by atomic mass is 32.2. The first kappa shape index (κ1) is 15.1. The predicted molar refractivity (Wildman–Crippen MR) is 80.4 cm³/mol. The fourth-order valence-electron chi connectivity index (χ4n) is 2.49. The van der Waals surface area contributed by atoms with Gasteiger partial charge in [-0.25, -0.2) is 0 Å². The van der Waals surface area contributed by atoms with Crippen molar-refractivity contribution < 1.29 is 9.53 Å². The van der Waals surface area contributed by atoms with Crippen LogP contribution in [0.15, 0.2) is 28.7 Å². The van der Waals surface area contributed by atoms with Crippen LogP contribution in [0, 0.1) is 10.8 Å². The number of hydrogen-bond acceptors (Lipinski definition) is 5. The van der Waals surface area contributed by atoms with E-state index >= 15 is 0 Å². The van der Waals surface area contributed by atoms with E-state index in [-0.39, 0.29) is 18.0 Å². The zero-order valence-electron chi connectivity index (χ0n) is 11.8. The van der Waals surface area contributed by atoms with Crippen molar-refractivity contribution in [1.29, 1.82) is 0 Å². The molecule has 1 heterocycles. The number of ether oxygens (including phenoxy) is 1. The van der Waals surface area contributed by atoms with Gasteiger partial charge >= 0.3 is 0 Å². The molecular formula is C14H20N2O3S. The molecule has 0 bridgehead atoms. The average Bonchev–Trinajstić information content (AvgIpc) is 2.47. The first-order valence-corrected chi connectivity index (χ1v) is 7.96. The van der Waals surface area contributed by atoms with E-state index in [9.17, 15) is 9.70 Å². The van der Waals surface area contributed by atoms with Crippen LogP contribution in [0.1, 0.15) is 13.8 Å². The fourth-order valence-corrected chi connectivity index (χ4v) is 3.56. The fraction of sp³-hybridized carbons (Fsp3) is 0.643. The quantitative estimate of drug-likeness (QED) is 0.576. The lowest BCUT2D eigenvalue weighted by atomic mass is 9.90. The number of amides is 1. The van der Waals surface area contributed by atoms with Crippen molar-refractivity contribution in [3.05, 3.63) is 28.4 Å². The molecule has 0 saturated carbocycles. The van der Waals surface area contributed by atoms with Crippen molar-refractivity contribution in [2.45, 2.75) is 25.9 Å².